The number of hydrogen-bond acceptors (Lipinski definition) is 4. The summed E-state index contributed by atoms with van der Waals surface area (Å²) in [6, 6.07) is 0. The molecule has 1 unspecified atom stereocenters. The van der Waals surface area contributed by atoms with E-state index in [4.69, 9.17) is 14.2 Å². The largest absolute Gasteiger partial charge is 0.385 e. The highest BCUT2D eigenvalue weighted by molar-refractivity contribution is 5.35. The second-order valence-electron chi connectivity index (χ2n) is 11.2. The maximum absolute atomic E-state index is 12.2. The number of unbranched alkanes of at least 4 members (excludes halogenated alkanes) is 3. The van der Waals surface area contributed by atoms with Gasteiger partial charge in [0.25, 0.3) is 0 Å². The normalized spacial score (nSPS) is 43.5. The van der Waals surface area contributed by atoms with Crippen LogP contribution in [-0.2, 0) is 14.2 Å². The van der Waals surface area contributed by atoms with Crippen LogP contribution in [0.1, 0.15) is 84.5 Å². The average molecular weight is 431 g/mol. The standard InChI is InChI=1S/C27H42O4/c1-4-5-6-7-14-29-24-18-26(28)20(17-27(24)30-15-16-31-27)9-10-21-22-11-8-19(2)25(22,3)13-12-23(21)26/h12,20-22,24,28H,2,4-11,13-18H2,1,3H3/t20-,21-,22-,24?,25+,26-/m0/s1. The van der Waals surface area contributed by atoms with Crippen molar-refractivity contribution in [2.24, 2.45) is 23.2 Å². The molecule has 0 aromatic heterocycles. The molecule has 0 aromatic rings. The van der Waals surface area contributed by atoms with E-state index < -0.39 is 11.4 Å². The van der Waals surface area contributed by atoms with Crippen molar-refractivity contribution in [2.75, 3.05) is 19.8 Å². The Morgan fingerprint density at radius 2 is 1.94 bits per heavy atom. The fourth-order valence-electron chi connectivity index (χ4n) is 7.72. The molecule has 1 heterocycles. The summed E-state index contributed by atoms with van der Waals surface area (Å²) in [6.07, 6.45) is 13.9. The highest BCUT2D eigenvalue weighted by Gasteiger charge is 2.63. The van der Waals surface area contributed by atoms with E-state index in [1.807, 2.05) is 0 Å². The molecule has 3 saturated carbocycles. The van der Waals surface area contributed by atoms with Crippen molar-refractivity contribution < 1.29 is 19.3 Å². The summed E-state index contributed by atoms with van der Waals surface area (Å²) in [7, 11) is 0. The van der Waals surface area contributed by atoms with Gasteiger partial charge >= 0.3 is 0 Å². The van der Waals surface area contributed by atoms with E-state index in [9.17, 15) is 5.11 Å². The molecule has 1 aliphatic heterocycles. The number of allylic oxidation sites excluding steroid dienone is 2. The van der Waals surface area contributed by atoms with Gasteiger partial charge in [0.2, 0.25) is 0 Å². The molecule has 6 atom stereocenters. The smallest absolute Gasteiger partial charge is 0.195 e. The van der Waals surface area contributed by atoms with E-state index in [0.717, 1.165) is 38.7 Å². The molecule has 1 saturated heterocycles. The first kappa shape index (κ1) is 22.1. The molecule has 5 rings (SSSR count). The van der Waals surface area contributed by atoms with E-state index in [1.54, 1.807) is 0 Å². The molecule has 4 aliphatic carbocycles. The maximum Gasteiger partial charge on any atom is 0.195 e. The lowest BCUT2D eigenvalue weighted by Gasteiger charge is -2.58. The first-order chi connectivity index (χ1) is 14.9. The van der Waals surface area contributed by atoms with Gasteiger partial charge in [0.15, 0.2) is 5.79 Å². The van der Waals surface area contributed by atoms with Gasteiger partial charge in [-0.2, -0.15) is 0 Å². The van der Waals surface area contributed by atoms with Crippen LogP contribution in [0.2, 0.25) is 0 Å². The lowest BCUT2D eigenvalue weighted by molar-refractivity contribution is -0.285. The number of hydrogen-bond donors (Lipinski definition) is 1. The molecule has 31 heavy (non-hydrogen) atoms. The van der Waals surface area contributed by atoms with Gasteiger partial charge in [0, 0.05) is 19.4 Å². The summed E-state index contributed by atoms with van der Waals surface area (Å²) in [5.41, 5.74) is 2.18. The predicted molar refractivity (Wildman–Crippen MR) is 122 cm³/mol. The van der Waals surface area contributed by atoms with Crippen molar-refractivity contribution >= 4 is 0 Å². The Hall–Kier alpha value is -0.680. The molecule has 4 heteroatoms. The lowest BCUT2D eigenvalue weighted by Crippen LogP contribution is -2.62. The Kier molecular flexibility index (Phi) is 5.90. The second kappa shape index (κ2) is 8.27. The highest BCUT2D eigenvalue weighted by atomic mass is 16.8. The summed E-state index contributed by atoms with van der Waals surface area (Å²) >= 11 is 0. The van der Waals surface area contributed by atoms with Crippen LogP contribution in [0.5, 0.6) is 0 Å². The van der Waals surface area contributed by atoms with Crippen LogP contribution in [0.3, 0.4) is 0 Å². The van der Waals surface area contributed by atoms with E-state index in [-0.39, 0.29) is 17.4 Å². The molecule has 1 N–H and O–H groups in total. The molecule has 4 nitrogen and oxygen atoms in total. The zero-order chi connectivity index (χ0) is 21.7. The highest BCUT2D eigenvalue weighted by Crippen LogP contribution is 2.63. The molecule has 0 aromatic carbocycles. The van der Waals surface area contributed by atoms with Gasteiger partial charge in [-0.25, -0.2) is 0 Å². The van der Waals surface area contributed by atoms with Crippen molar-refractivity contribution in [3.05, 3.63) is 23.8 Å². The molecule has 0 bridgehead atoms. The predicted octanol–water partition coefficient (Wildman–Crippen LogP) is 5.55. The van der Waals surface area contributed by atoms with E-state index in [0.29, 0.717) is 31.5 Å². The molecule has 4 fully saturated rings. The van der Waals surface area contributed by atoms with Crippen molar-refractivity contribution in [2.45, 2.75) is 102 Å². The summed E-state index contributed by atoms with van der Waals surface area (Å²) in [4.78, 5) is 0. The topological polar surface area (TPSA) is 47.9 Å². The minimum atomic E-state index is -0.775. The van der Waals surface area contributed by atoms with E-state index >= 15 is 0 Å². The minimum absolute atomic E-state index is 0.190. The molecule has 0 amide bonds. The van der Waals surface area contributed by atoms with Gasteiger partial charge in [-0.3, -0.25) is 0 Å². The van der Waals surface area contributed by atoms with Crippen molar-refractivity contribution in [3.63, 3.8) is 0 Å². The fraction of sp³-hybridized carbons (Fsp3) is 0.852. The van der Waals surface area contributed by atoms with Crippen molar-refractivity contribution in [1.82, 2.24) is 0 Å². The van der Waals surface area contributed by atoms with Crippen LogP contribution in [0, 0.1) is 23.2 Å². The Morgan fingerprint density at radius 3 is 2.71 bits per heavy atom. The Bertz CT molecular complexity index is 723. The maximum atomic E-state index is 12.2. The SMILES string of the molecule is C=C1CC[C@H]2[C@@H]3CC[C@H]4CC5(OCCO5)C(OCCCCCC)C[C@@]4(O)C3=CC[C@]12C. The quantitative estimate of drug-likeness (QED) is 0.443. The molecule has 174 valence electrons. The van der Waals surface area contributed by atoms with Crippen LogP contribution in [0.15, 0.2) is 23.8 Å². The Labute approximate surface area is 188 Å². The van der Waals surface area contributed by atoms with Crippen LogP contribution in [0.25, 0.3) is 0 Å². The molecular formula is C27H42O4. The van der Waals surface area contributed by atoms with E-state index in [1.165, 1.54) is 43.3 Å². The van der Waals surface area contributed by atoms with Gasteiger partial charge in [0.1, 0.15) is 6.10 Å². The molecule has 0 radical (unpaired) electrons. The third-order valence-electron chi connectivity index (χ3n) is 9.63. The third-order valence-corrected chi connectivity index (χ3v) is 9.63. The minimum Gasteiger partial charge on any atom is -0.385 e. The lowest BCUT2D eigenvalue weighted by atomic mass is 9.52. The zero-order valence-electron chi connectivity index (χ0n) is 19.7. The van der Waals surface area contributed by atoms with Gasteiger partial charge in [0.05, 0.1) is 18.8 Å². The summed E-state index contributed by atoms with van der Waals surface area (Å²) < 4.78 is 18.9. The van der Waals surface area contributed by atoms with Crippen LogP contribution in [-0.4, -0.2) is 42.4 Å². The summed E-state index contributed by atoms with van der Waals surface area (Å²) in [5, 5.41) is 12.2. The summed E-state index contributed by atoms with van der Waals surface area (Å²) in [5.74, 6) is 0.666. The number of fused-ring (bicyclic) bond motifs is 5. The van der Waals surface area contributed by atoms with E-state index in [2.05, 4.69) is 26.5 Å². The Morgan fingerprint density at radius 1 is 1.13 bits per heavy atom. The molecule has 5 aliphatic rings. The van der Waals surface area contributed by atoms with Crippen LogP contribution < -0.4 is 0 Å². The van der Waals surface area contributed by atoms with Gasteiger partial charge in [-0.05, 0) is 67.3 Å². The first-order valence-electron chi connectivity index (χ1n) is 12.9. The number of rotatable bonds is 6. The average Bonchev–Trinajstić information content (AvgIpc) is 3.34. The van der Waals surface area contributed by atoms with Crippen molar-refractivity contribution in [3.8, 4) is 0 Å². The fourth-order valence-corrected chi connectivity index (χ4v) is 7.72. The molecular weight excluding hydrogens is 388 g/mol. The van der Waals surface area contributed by atoms with Crippen LogP contribution >= 0.6 is 0 Å². The van der Waals surface area contributed by atoms with Crippen molar-refractivity contribution in [1.29, 1.82) is 0 Å². The third kappa shape index (κ3) is 3.48. The number of ether oxygens (including phenoxy) is 3. The Balaban J connectivity index is 1.38. The zero-order valence-corrected chi connectivity index (χ0v) is 19.7. The number of aliphatic hydroxyl groups is 1. The van der Waals surface area contributed by atoms with Crippen LogP contribution in [0.4, 0.5) is 0 Å². The van der Waals surface area contributed by atoms with Gasteiger partial charge in [-0.1, -0.05) is 51.3 Å². The first-order valence-corrected chi connectivity index (χ1v) is 12.9. The van der Waals surface area contributed by atoms with Gasteiger partial charge in [-0.15, -0.1) is 0 Å². The monoisotopic (exact) mass is 430 g/mol. The molecule has 1 spiro atoms. The summed E-state index contributed by atoms with van der Waals surface area (Å²) in [6.45, 7) is 11.1. The second-order valence-corrected chi connectivity index (χ2v) is 11.2. The van der Waals surface area contributed by atoms with Gasteiger partial charge < -0.3 is 19.3 Å².